The molecule has 134 valence electrons. The van der Waals surface area contributed by atoms with Gasteiger partial charge in [0.15, 0.2) is 0 Å². The summed E-state index contributed by atoms with van der Waals surface area (Å²) in [5, 5.41) is 16.4. The first kappa shape index (κ1) is 18.4. The lowest BCUT2D eigenvalue weighted by Gasteiger charge is -2.15. The third kappa shape index (κ3) is 4.40. The zero-order valence-corrected chi connectivity index (χ0v) is 15.5. The number of anilines is 3. The number of hydrogen-bond donors (Lipinski definition) is 3. The Morgan fingerprint density at radius 2 is 1.81 bits per heavy atom. The molecule has 2 aromatic heterocycles. The van der Waals surface area contributed by atoms with Crippen molar-refractivity contribution < 1.29 is 5.11 Å². The molecule has 0 saturated heterocycles. The Morgan fingerprint density at radius 3 is 2.46 bits per heavy atom. The SMILES string of the molecule is C[C@@H](CO)Nc1nc(Nc2c(Cl)cccc2Cl)cc(-c2ccccn2)n1. The molecule has 0 fully saturated rings. The molecule has 0 unspecified atom stereocenters. The first-order valence-electron chi connectivity index (χ1n) is 7.95. The van der Waals surface area contributed by atoms with E-state index in [4.69, 9.17) is 23.2 Å². The number of aliphatic hydroxyl groups is 1. The number of aromatic nitrogens is 3. The molecule has 0 aliphatic rings. The largest absolute Gasteiger partial charge is 0.394 e. The maximum Gasteiger partial charge on any atom is 0.225 e. The van der Waals surface area contributed by atoms with E-state index in [2.05, 4.69) is 25.6 Å². The molecule has 3 aromatic rings. The zero-order chi connectivity index (χ0) is 18.5. The molecule has 1 atom stereocenters. The Bertz CT molecular complexity index is 872. The molecule has 26 heavy (non-hydrogen) atoms. The van der Waals surface area contributed by atoms with E-state index in [0.717, 1.165) is 0 Å². The topological polar surface area (TPSA) is 83.0 Å². The van der Waals surface area contributed by atoms with E-state index in [9.17, 15) is 5.11 Å². The molecule has 6 nitrogen and oxygen atoms in total. The van der Waals surface area contributed by atoms with Crippen molar-refractivity contribution in [2.24, 2.45) is 0 Å². The molecule has 3 N–H and O–H groups in total. The molecule has 0 saturated carbocycles. The van der Waals surface area contributed by atoms with Gasteiger partial charge in [0.05, 0.1) is 33.7 Å². The molecule has 0 radical (unpaired) electrons. The van der Waals surface area contributed by atoms with Gasteiger partial charge in [0.2, 0.25) is 5.95 Å². The maximum atomic E-state index is 9.28. The summed E-state index contributed by atoms with van der Waals surface area (Å²) in [7, 11) is 0. The molecule has 0 amide bonds. The van der Waals surface area contributed by atoms with Crippen LogP contribution in [0.15, 0.2) is 48.7 Å². The molecule has 0 aliphatic heterocycles. The number of rotatable bonds is 6. The van der Waals surface area contributed by atoms with Crippen molar-refractivity contribution >= 4 is 40.7 Å². The predicted molar refractivity (Wildman–Crippen MR) is 105 cm³/mol. The van der Waals surface area contributed by atoms with Gasteiger partial charge in [-0.15, -0.1) is 0 Å². The highest BCUT2D eigenvalue weighted by Crippen LogP contribution is 2.33. The van der Waals surface area contributed by atoms with Gasteiger partial charge in [-0.25, -0.2) is 4.98 Å². The van der Waals surface area contributed by atoms with Crippen LogP contribution in [0.4, 0.5) is 17.5 Å². The minimum atomic E-state index is -0.203. The van der Waals surface area contributed by atoms with Gasteiger partial charge in [-0.3, -0.25) is 4.98 Å². The lowest BCUT2D eigenvalue weighted by molar-refractivity contribution is 0.281. The van der Waals surface area contributed by atoms with E-state index < -0.39 is 0 Å². The molecule has 0 spiro atoms. The zero-order valence-electron chi connectivity index (χ0n) is 13.9. The van der Waals surface area contributed by atoms with E-state index in [1.807, 2.05) is 25.1 Å². The Morgan fingerprint density at radius 1 is 1.04 bits per heavy atom. The maximum absolute atomic E-state index is 9.28. The fourth-order valence-corrected chi connectivity index (χ4v) is 2.72. The second-order valence-electron chi connectivity index (χ2n) is 5.63. The van der Waals surface area contributed by atoms with Gasteiger partial charge in [0.25, 0.3) is 0 Å². The summed E-state index contributed by atoms with van der Waals surface area (Å²) in [6.45, 7) is 1.78. The molecule has 2 heterocycles. The van der Waals surface area contributed by atoms with Crippen molar-refractivity contribution in [1.82, 2.24) is 15.0 Å². The van der Waals surface area contributed by atoms with Gasteiger partial charge < -0.3 is 15.7 Å². The van der Waals surface area contributed by atoms with Crippen LogP contribution < -0.4 is 10.6 Å². The van der Waals surface area contributed by atoms with Crippen molar-refractivity contribution in [3.63, 3.8) is 0 Å². The summed E-state index contributed by atoms with van der Waals surface area (Å²) in [6, 6.07) is 12.4. The molecule has 8 heteroatoms. The number of hydrogen-bond acceptors (Lipinski definition) is 6. The van der Waals surface area contributed by atoms with E-state index in [1.165, 1.54) is 0 Å². The van der Waals surface area contributed by atoms with E-state index in [1.54, 1.807) is 30.5 Å². The monoisotopic (exact) mass is 389 g/mol. The third-order valence-corrected chi connectivity index (χ3v) is 4.15. The summed E-state index contributed by atoms with van der Waals surface area (Å²) in [6.07, 6.45) is 1.69. The van der Waals surface area contributed by atoms with Crippen LogP contribution in [0.5, 0.6) is 0 Å². The molecular formula is C18H17Cl2N5O. The Hall–Kier alpha value is -2.41. The number of benzene rings is 1. The molecule has 1 aromatic carbocycles. The summed E-state index contributed by atoms with van der Waals surface area (Å²) in [5.74, 6) is 0.865. The second kappa shape index (κ2) is 8.31. The number of para-hydroxylation sites is 1. The lowest BCUT2D eigenvalue weighted by Crippen LogP contribution is -2.21. The number of aliphatic hydroxyl groups excluding tert-OH is 1. The Labute approximate surface area is 161 Å². The third-order valence-electron chi connectivity index (χ3n) is 3.52. The van der Waals surface area contributed by atoms with E-state index in [0.29, 0.717) is 38.9 Å². The minimum absolute atomic E-state index is 0.0454. The number of nitrogens with one attached hydrogen (secondary N) is 2. The normalized spacial score (nSPS) is 11.8. The molecule has 3 rings (SSSR count). The van der Waals surface area contributed by atoms with E-state index >= 15 is 0 Å². The van der Waals surface area contributed by atoms with Gasteiger partial charge >= 0.3 is 0 Å². The molecular weight excluding hydrogens is 373 g/mol. The highest BCUT2D eigenvalue weighted by molar-refractivity contribution is 6.39. The van der Waals surface area contributed by atoms with Crippen molar-refractivity contribution in [2.75, 3.05) is 17.2 Å². The van der Waals surface area contributed by atoms with E-state index in [-0.39, 0.29) is 12.6 Å². The Balaban J connectivity index is 2.02. The first-order chi connectivity index (χ1) is 12.6. The number of halogens is 2. The lowest BCUT2D eigenvalue weighted by atomic mass is 10.2. The van der Waals surface area contributed by atoms with Gasteiger partial charge in [-0.1, -0.05) is 35.3 Å². The van der Waals surface area contributed by atoms with Crippen LogP contribution in [0, 0.1) is 0 Å². The Kier molecular flexibility index (Phi) is 5.88. The smallest absolute Gasteiger partial charge is 0.225 e. The van der Waals surface area contributed by atoms with Crippen LogP contribution in [0.25, 0.3) is 11.4 Å². The van der Waals surface area contributed by atoms with Gasteiger partial charge in [-0.05, 0) is 31.2 Å². The van der Waals surface area contributed by atoms with Crippen LogP contribution in [-0.2, 0) is 0 Å². The van der Waals surface area contributed by atoms with Crippen molar-refractivity contribution in [3.05, 3.63) is 58.7 Å². The average molecular weight is 390 g/mol. The number of nitrogens with zero attached hydrogens (tertiary/aromatic N) is 3. The fraction of sp³-hybridized carbons (Fsp3) is 0.167. The molecule has 0 aliphatic carbocycles. The summed E-state index contributed by atoms with van der Waals surface area (Å²) < 4.78 is 0. The predicted octanol–water partition coefficient (Wildman–Crippen LogP) is 4.38. The summed E-state index contributed by atoms with van der Waals surface area (Å²) in [5.41, 5.74) is 1.88. The fourth-order valence-electron chi connectivity index (χ4n) is 2.23. The van der Waals surface area contributed by atoms with Crippen LogP contribution in [0.2, 0.25) is 10.0 Å². The first-order valence-corrected chi connectivity index (χ1v) is 8.71. The average Bonchev–Trinajstić information content (AvgIpc) is 2.65. The van der Waals surface area contributed by atoms with Crippen LogP contribution in [0.3, 0.4) is 0 Å². The summed E-state index contributed by atoms with van der Waals surface area (Å²) >= 11 is 12.5. The van der Waals surface area contributed by atoms with Crippen LogP contribution in [-0.4, -0.2) is 32.7 Å². The summed E-state index contributed by atoms with van der Waals surface area (Å²) in [4.78, 5) is 13.2. The number of pyridine rings is 1. The second-order valence-corrected chi connectivity index (χ2v) is 6.44. The van der Waals surface area contributed by atoms with Crippen LogP contribution in [0.1, 0.15) is 6.92 Å². The van der Waals surface area contributed by atoms with Crippen molar-refractivity contribution in [3.8, 4) is 11.4 Å². The highest BCUT2D eigenvalue weighted by Gasteiger charge is 2.12. The highest BCUT2D eigenvalue weighted by atomic mass is 35.5. The van der Waals surface area contributed by atoms with Gasteiger partial charge in [-0.2, -0.15) is 4.98 Å². The van der Waals surface area contributed by atoms with Crippen molar-refractivity contribution in [2.45, 2.75) is 13.0 Å². The van der Waals surface area contributed by atoms with Crippen molar-refractivity contribution in [1.29, 1.82) is 0 Å². The quantitative estimate of drug-likeness (QED) is 0.579. The molecule has 0 bridgehead atoms. The standard InChI is InChI=1S/C18H17Cl2N5O/c1-11(10-26)22-18-23-15(14-7-2-3-8-21-14)9-16(25-18)24-17-12(19)5-4-6-13(17)20/h2-9,11,26H,10H2,1H3,(H2,22,23,24,25)/t11-/m0/s1. The van der Waals surface area contributed by atoms with Gasteiger partial charge in [0, 0.05) is 18.3 Å². The minimum Gasteiger partial charge on any atom is -0.394 e. The van der Waals surface area contributed by atoms with Gasteiger partial charge in [0.1, 0.15) is 5.82 Å². The van der Waals surface area contributed by atoms with Crippen LogP contribution >= 0.6 is 23.2 Å².